The predicted molar refractivity (Wildman–Crippen MR) is 104 cm³/mol. The molecule has 4 heterocycles. The summed E-state index contributed by atoms with van der Waals surface area (Å²) in [6.45, 7) is 9.72. The van der Waals surface area contributed by atoms with Gasteiger partial charge in [-0.05, 0) is 44.4 Å². The van der Waals surface area contributed by atoms with Gasteiger partial charge in [-0.1, -0.05) is 26.0 Å². The maximum Gasteiger partial charge on any atom is 0.208 e. The highest BCUT2D eigenvalue weighted by Crippen LogP contribution is 2.80. The summed E-state index contributed by atoms with van der Waals surface area (Å²) in [6.07, 6.45) is 5.96. The third-order valence-corrected chi connectivity index (χ3v) is 10.2. The Bertz CT molecular complexity index is 835. The summed E-state index contributed by atoms with van der Waals surface area (Å²) in [5.74, 6) is -1.68. The Morgan fingerprint density at radius 1 is 1.10 bits per heavy atom. The topological polar surface area (TPSA) is 90.1 Å². The number of hydrogen-bond donors (Lipinski definition) is 3. The first kappa shape index (κ1) is 18.1. The van der Waals surface area contributed by atoms with Crippen LogP contribution in [0.1, 0.15) is 47.0 Å². The van der Waals surface area contributed by atoms with E-state index >= 15 is 0 Å². The molecular weight excluding hydrogens is 370 g/mol. The molecule has 4 aliphatic heterocycles. The first-order chi connectivity index (χ1) is 13.6. The molecule has 4 aliphatic carbocycles. The molecule has 0 amide bonds. The van der Waals surface area contributed by atoms with Gasteiger partial charge >= 0.3 is 0 Å². The minimum Gasteiger partial charge on any atom is -0.390 e. The van der Waals surface area contributed by atoms with Crippen LogP contribution in [0.2, 0.25) is 0 Å². The van der Waals surface area contributed by atoms with E-state index in [1.165, 1.54) is 0 Å². The Morgan fingerprint density at radius 3 is 2.59 bits per heavy atom. The highest BCUT2D eigenvalue weighted by Gasteiger charge is 2.92. The molecule has 4 saturated heterocycles. The SMILES string of the molecule is CC1(C)OC2[C@H]3CCC4[C@]56C=CCC(C)(C)C5[C@H](O)[C@](OC6)(O1)[C@@]24C(O)C31CN1. The highest BCUT2D eigenvalue weighted by molar-refractivity contribution is 5.41. The Labute approximate surface area is 172 Å². The lowest BCUT2D eigenvalue weighted by Gasteiger charge is -2.77. The zero-order chi connectivity index (χ0) is 20.2. The second kappa shape index (κ2) is 4.64. The second-order valence-corrected chi connectivity index (χ2v) is 12.1. The molecule has 6 heteroatoms. The Kier molecular flexibility index (Phi) is 2.90. The van der Waals surface area contributed by atoms with Gasteiger partial charge in [-0.3, -0.25) is 0 Å². The van der Waals surface area contributed by atoms with Crippen LogP contribution in [-0.4, -0.2) is 58.8 Å². The number of rotatable bonds is 0. The minimum absolute atomic E-state index is 0.0337. The summed E-state index contributed by atoms with van der Waals surface area (Å²) in [6, 6.07) is 0. The van der Waals surface area contributed by atoms with Crippen molar-refractivity contribution in [2.45, 2.75) is 82.4 Å². The molecule has 8 rings (SSSR count). The zero-order valence-corrected chi connectivity index (χ0v) is 17.8. The third-order valence-electron chi connectivity index (χ3n) is 10.2. The largest absolute Gasteiger partial charge is 0.390 e. The van der Waals surface area contributed by atoms with Gasteiger partial charge in [0.25, 0.3) is 0 Å². The molecule has 29 heavy (non-hydrogen) atoms. The molecule has 3 saturated carbocycles. The van der Waals surface area contributed by atoms with Crippen molar-refractivity contribution >= 4 is 0 Å². The molecule has 0 aromatic rings. The van der Waals surface area contributed by atoms with Crippen molar-refractivity contribution in [2.24, 2.45) is 34.0 Å². The summed E-state index contributed by atoms with van der Waals surface area (Å²) in [5.41, 5.74) is -1.43. The van der Waals surface area contributed by atoms with E-state index in [9.17, 15) is 10.2 Å². The van der Waals surface area contributed by atoms with Crippen molar-refractivity contribution in [3.05, 3.63) is 12.2 Å². The fraction of sp³-hybridized carbons (Fsp3) is 0.913. The van der Waals surface area contributed by atoms with Crippen molar-refractivity contribution in [3.63, 3.8) is 0 Å². The number of allylic oxidation sites excluding steroid dienone is 1. The number of hydrogen-bond acceptors (Lipinski definition) is 6. The van der Waals surface area contributed by atoms with E-state index in [0.717, 1.165) is 25.8 Å². The molecule has 0 aromatic heterocycles. The number of nitrogens with one attached hydrogen (secondary N) is 1. The molecule has 0 radical (unpaired) electrons. The van der Waals surface area contributed by atoms with E-state index in [4.69, 9.17) is 14.2 Å². The lowest BCUT2D eigenvalue weighted by molar-refractivity contribution is -0.540. The van der Waals surface area contributed by atoms with Gasteiger partial charge in [-0.15, -0.1) is 0 Å². The zero-order valence-electron chi connectivity index (χ0n) is 17.8. The number of fused-ring (bicyclic) bond motifs is 2. The highest BCUT2D eigenvalue weighted by atomic mass is 16.8. The van der Waals surface area contributed by atoms with Crippen LogP contribution in [0.25, 0.3) is 0 Å². The van der Waals surface area contributed by atoms with Gasteiger partial charge < -0.3 is 29.7 Å². The van der Waals surface area contributed by atoms with Crippen LogP contribution >= 0.6 is 0 Å². The number of aliphatic hydroxyl groups is 2. The standard InChI is InChI=1S/C23H33NO5/c1-18(2)8-5-9-20-11-27-23(15(25)14(18)20)22-13(20)7-6-12(21(10-24-21)17(22)26)16(22)28-19(3,4)29-23/h5,9,12-17,24-26H,6-8,10-11H2,1-4H3/t12-,13?,14?,15+,16?,17?,20-,21?,22-,23+/m1/s1. The van der Waals surface area contributed by atoms with Gasteiger partial charge in [0.2, 0.25) is 5.79 Å². The summed E-state index contributed by atoms with van der Waals surface area (Å²) in [5, 5.41) is 27.5. The molecular formula is C23H33NO5. The van der Waals surface area contributed by atoms with Gasteiger partial charge in [-0.25, -0.2) is 0 Å². The number of ether oxygens (including phenoxy) is 3. The van der Waals surface area contributed by atoms with Crippen molar-refractivity contribution < 1.29 is 24.4 Å². The molecule has 4 spiro atoms. The maximum atomic E-state index is 12.1. The van der Waals surface area contributed by atoms with E-state index in [2.05, 4.69) is 31.3 Å². The molecule has 6 nitrogen and oxygen atoms in total. The molecule has 7 fully saturated rings. The lowest BCUT2D eigenvalue weighted by atomic mass is 9.37. The van der Waals surface area contributed by atoms with E-state index < -0.39 is 29.2 Å². The van der Waals surface area contributed by atoms with Crippen LogP contribution in [0.3, 0.4) is 0 Å². The van der Waals surface area contributed by atoms with Gasteiger partial charge in [0, 0.05) is 23.8 Å². The molecule has 4 bridgehead atoms. The van der Waals surface area contributed by atoms with E-state index in [1.54, 1.807) is 0 Å². The third kappa shape index (κ3) is 1.58. The molecule has 0 aromatic carbocycles. The monoisotopic (exact) mass is 403 g/mol. The predicted octanol–water partition coefficient (Wildman–Crippen LogP) is 1.56. The van der Waals surface area contributed by atoms with Crippen LogP contribution in [0.15, 0.2) is 12.2 Å². The fourth-order valence-corrected chi connectivity index (χ4v) is 9.48. The average Bonchev–Trinajstić information content (AvgIpc) is 3.41. The molecule has 10 atom stereocenters. The summed E-state index contributed by atoms with van der Waals surface area (Å²) >= 11 is 0. The lowest BCUT2D eigenvalue weighted by Crippen LogP contribution is -2.87. The quantitative estimate of drug-likeness (QED) is 0.420. The van der Waals surface area contributed by atoms with E-state index in [0.29, 0.717) is 6.61 Å². The van der Waals surface area contributed by atoms with Gasteiger partial charge in [0.1, 0.15) is 6.10 Å². The fourth-order valence-electron chi connectivity index (χ4n) is 9.48. The molecule has 3 N–H and O–H groups in total. The normalized spacial score (nSPS) is 64.6. The van der Waals surface area contributed by atoms with Gasteiger partial charge in [0.05, 0.1) is 29.8 Å². The molecule has 8 aliphatic rings. The van der Waals surface area contributed by atoms with Crippen LogP contribution in [-0.2, 0) is 14.2 Å². The molecule has 160 valence electrons. The Balaban J connectivity index is 1.54. The Hall–Kier alpha value is -0.500. The maximum absolute atomic E-state index is 12.1. The molecule has 5 unspecified atom stereocenters. The van der Waals surface area contributed by atoms with Crippen LogP contribution in [0.4, 0.5) is 0 Å². The first-order valence-corrected chi connectivity index (χ1v) is 11.4. The van der Waals surface area contributed by atoms with Gasteiger partial charge in [-0.2, -0.15) is 0 Å². The smallest absolute Gasteiger partial charge is 0.208 e. The Morgan fingerprint density at radius 2 is 1.86 bits per heavy atom. The van der Waals surface area contributed by atoms with Gasteiger partial charge in [0.15, 0.2) is 5.79 Å². The van der Waals surface area contributed by atoms with Crippen LogP contribution in [0.5, 0.6) is 0 Å². The minimum atomic E-state index is -1.23. The van der Waals surface area contributed by atoms with E-state index in [-0.39, 0.29) is 40.2 Å². The summed E-state index contributed by atoms with van der Waals surface area (Å²) < 4.78 is 19.9. The van der Waals surface area contributed by atoms with Crippen molar-refractivity contribution in [1.82, 2.24) is 5.32 Å². The average molecular weight is 404 g/mol. The van der Waals surface area contributed by atoms with Crippen molar-refractivity contribution in [2.75, 3.05) is 13.2 Å². The van der Waals surface area contributed by atoms with Crippen LogP contribution < -0.4 is 5.32 Å². The number of aliphatic hydroxyl groups excluding tert-OH is 2. The second-order valence-electron chi connectivity index (χ2n) is 12.1. The summed E-state index contributed by atoms with van der Waals surface area (Å²) in [4.78, 5) is 0. The van der Waals surface area contributed by atoms with Crippen LogP contribution in [0, 0.1) is 34.0 Å². The first-order valence-electron chi connectivity index (χ1n) is 11.4. The van der Waals surface area contributed by atoms with Crippen molar-refractivity contribution in [1.29, 1.82) is 0 Å². The van der Waals surface area contributed by atoms with E-state index in [1.807, 2.05) is 13.8 Å². The van der Waals surface area contributed by atoms with Crippen molar-refractivity contribution in [3.8, 4) is 0 Å². The summed E-state index contributed by atoms with van der Waals surface area (Å²) in [7, 11) is 0.